The number of unbranched alkanes of at least 4 members (excludes halogenated alkanes) is 1. The van der Waals surface area contributed by atoms with E-state index in [0.29, 0.717) is 18.9 Å². The Balaban J connectivity index is 1.64. The van der Waals surface area contributed by atoms with Gasteiger partial charge in [-0.1, -0.05) is 50.1 Å². The van der Waals surface area contributed by atoms with Gasteiger partial charge >= 0.3 is 0 Å². The summed E-state index contributed by atoms with van der Waals surface area (Å²) in [5.74, 6) is -0.597. The van der Waals surface area contributed by atoms with E-state index in [1.54, 1.807) is 12.1 Å². The molecular formula is C24H31FN4O2. The molecule has 0 spiro atoms. The van der Waals surface area contributed by atoms with Crippen LogP contribution < -0.4 is 16.8 Å². The molecule has 1 heterocycles. The van der Waals surface area contributed by atoms with Gasteiger partial charge in [0, 0.05) is 35.1 Å². The van der Waals surface area contributed by atoms with Crippen LogP contribution in [0.1, 0.15) is 36.7 Å². The topological polar surface area (TPSA) is 106 Å². The van der Waals surface area contributed by atoms with Crippen LogP contribution in [0.4, 0.5) is 4.39 Å². The summed E-state index contributed by atoms with van der Waals surface area (Å²) in [5, 5.41) is 3.77. The number of H-pyrrole nitrogens is 1. The Labute approximate surface area is 182 Å². The number of fused-ring (bicyclic) bond motifs is 1. The van der Waals surface area contributed by atoms with Gasteiger partial charge in [-0.05, 0) is 30.2 Å². The number of halogens is 1. The number of benzene rings is 2. The van der Waals surface area contributed by atoms with Crippen LogP contribution in [0.15, 0.2) is 48.5 Å². The van der Waals surface area contributed by atoms with Gasteiger partial charge in [0.05, 0.1) is 13.2 Å². The average molecular weight is 427 g/mol. The standard InChI is InChI=1S/C24H31FN4O2/c1-2-3-6-18(26)14-31-15-19(27)13-28-24(30)23-22(16-9-11-17(25)12-10-16)20-7-4-5-8-21(20)29-23/h4-5,7-12,18-19,29H,2-3,6,13-15,26-27H2,1H3,(H,28,30)/t18-,19+/m0/s1. The molecule has 1 amide bonds. The molecule has 0 aliphatic rings. The molecule has 0 unspecified atom stereocenters. The number of aromatic nitrogens is 1. The van der Waals surface area contributed by atoms with Crippen molar-refractivity contribution in [3.05, 3.63) is 60.0 Å². The Bertz CT molecular complexity index is 987. The van der Waals surface area contributed by atoms with Crippen LogP contribution in [-0.4, -0.2) is 42.7 Å². The number of aromatic amines is 1. The highest BCUT2D eigenvalue weighted by atomic mass is 19.1. The lowest BCUT2D eigenvalue weighted by molar-refractivity contribution is 0.0908. The fraction of sp³-hybridized carbons (Fsp3) is 0.375. The van der Waals surface area contributed by atoms with E-state index in [1.807, 2.05) is 24.3 Å². The second-order valence-electron chi connectivity index (χ2n) is 7.84. The van der Waals surface area contributed by atoms with E-state index < -0.39 is 0 Å². The minimum atomic E-state index is -0.346. The molecule has 2 aromatic carbocycles. The Hall–Kier alpha value is -2.74. The lowest BCUT2D eigenvalue weighted by atomic mass is 10.0. The zero-order chi connectivity index (χ0) is 22.2. The van der Waals surface area contributed by atoms with E-state index in [2.05, 4.69) is 17.2 Å². The van der Waals surface area contributed by atoms with E-state index in [1.165, 1.54) is 12.1 Å². The lowest BCUT2D eigenvalue weighted by Gasteiger charge is -2.16. The molecule has 0 saturated heterocycles. The molecule has 3 aromatic rings. The number of amides is 1. The monoisotopic (exact) mass is 426 g/mol. The van der Waals surface area contributed by atoms with Crippen molar-refractivity contribution in [3.63, 3.8) is 0 Å². The highest BCUT2D eigenvalue weighted by molar-refractivity contribution is 6.09. The molecule has 0 aliphatic heterocycles. The first-order valence-corrected chi connectivity index (χ1v) is 10.7. The molecule has 1 aromatic heterocycles. The molecule has 7 heteroatoms. The fourth-order valence-electron chi connectivity index (χ4n) is 3.52. The van der Waals surface area contributed by atoms with Gasteiger partial charge in [0.25, 0.3) is 5.91 Å². The molecule has 6 N–H and O–H groups in total. The van der Waals surface area contributed by atoms with Crippen LogP contribution in [0.5, 0.6) is 0 Å². The Morgan fingerprint density at radius 2 is 1.81 bits per heavy atom. The second kappa shape index (κ2) is 11.0. The van der Waals surface area contributed by atoms with Crippen molar-refractivity contribution in [2.24, 2.45) is 11.5 Å². The van der Waals surface area contributed by atoms with Crippen molar-refractivity contribution >= 4 is 16.8 Å². The highest BCUT2D eigenvalue weighted by Crippen LogP contribution is 2.32. The van der Waals surface area contributed by atoms with Gasteiger partial charge in [-0.15, -0.1) is 0 Å². The first kappa shape index (κ1) is 22.9. The molecule has 0 fully saturated rings. The Morgan fingerprint density at radius 3 is 2.55 bits per heavy atom. The SMILES string of the molecule is CCCC[C@H](N)COC[C@H](N)CNC(=O)c1[nH]c2ccccc2c1-c1ccc(F)cc1. The summed E-state index contributed by atoms with van der Waals surface area (Å²) in [5.41, 5.74) is 14.8. The number of nitrogens with two attached hydrogens (primary N) is 2. The maximum Gasteiger partial charge on any atom is 0.268 e. The van der Waals surface area contributed by atoms with Gasteiger partial charge in [-0.2, -0.15) is 0 Å². The third-order valence-electron chi connectivity index (χ3n) is 5.18. The maximum atomic E-state index is 13.4. The molecule has 166 valence electrons. The minimum absolute atomic E-state index is 0.00589. The smallest absolute Gasteiger partial charge is 0.268 e. The van der Waals surface area contributed by atoms with Crippen molar-refractivity contribution in [1.29, 1.82) is 0 Å². The normalized spacial score (nSPS) is 13.3. The Kier molecular flexibility index (Phi) is 8.17. The lowest BCUT2D eigenvalue weighted by Crippen LogP contribution is -2.41. The number of ether oxygens (including phenoxy) is 1. The van der Waals surface area contributed by atoms with Crippen LogP contribution in [0.3, 0.4) is 0 Å². The molecule has 6 nitrogen and oxygen atoms in total. The quantitative estimate of drug-likeness (QED) is 0.376. The van der Waals surface area contributed by atoms with Crippen LogP contribution in [0.25, 0.3) is 22.0 Å². The first-order valence-electron chi connectivity index (χ1n) is 10.7. The van der Waals surface area contributed by atoms with E-state index in [9.17, 15) is 9.18 Å². The van der Waals surface area contributed by atoms with Crippen LogP contribution in [-0.2, 0) is 4.74 Å². The fourth-order valence-corrected chi connectivity index (χ4v) is 3.52. The number of para-hydroxylation sites is 1. The van der Waals surface area contributed by atoms with Gasteiger partial charge in [-0.25, -0.2) is 4.39 Å². The molecule has 2 atom stereocenters. The van der Waals surface area contributed by atoms with Crippen molar-refractivity contribution in [2.75, 3.05) is 19.8 Å². The van der Waals surface area contributed by atoms with E-state index in [0.717, 1.165) is 41.3 Å². The molecule has 31 heavy (non-hydrogen) atoms. The predicted octanol–water partition coefficient (Wildman–Crippen LogP) is 3.57. The van der Waals surface area contributed by atoms with Crippen molar-refractivity contribution in [3.8, 4) is 11.1 Å². The van der Waals surface area contributed by atoms with Crippen LogP contribution >= 0.6 is 0 Å². The van der Waals surface area contributed by atoms with Gasteiger partial charge < -0.3 is 26.5 Å². The van der Waals surface area contributed by atoms with Crippen molar-refractivity contribution < 1.29 is 13.9 Å². The maximum absolute atomic E-state index is 13.4. The van der Waals surface area contributed by atoms with Gasteiger partial charge in [0.15, 0.2) is 0 Å². The summed E-state index contributed by atoms with van der Waals surface area (Å²) in [7, 11) is 0. The Morgan fingerprint density at radius 1 is 1.10 bits per heavy atom. The molecular weight excluding hydrogens is 395 g/mol. The summed E-state index contributed by atoms with van der Waals surface area (Å²) in [6, 6.07) is 13.4. The van der Waals surface area contributed by atoms with E-state index in [-0.39, 0.29) is 30.4 Å². The summed E-state index contributed by atoms with van der Waals surface area (Å²) in [6.07, 6.45) is 3.11. The average Bonchev–Trinajstić information content (AvgIpc) is 3.16. The largest absolute Gasteiger partial charge is 0.378 e. The van der Waals surface area contributed by atoms with Crippen molar-refractivity contribution in [2.45, 2.75) is 38.3 Å². The van der Waals surface area contributed by atoms with E-state index >= 15 is 0 Å². The van der Waals surface area contributed by atoms with Gasteiger partial charge in [0.1, 0.15) is 11.5 Å². The number of rotatable bonds is 11. The summed E-state index contributed by atoms with van der Waals surface area (Å²) in [6.45, 7) is 3.16. The zero-order valence-electron chi connectivity index (χ0n) is 17.9. The number of nitrogens with one attached hydrogen (secondary N) is 2. The number of carbonyl (C=O) groups excluding carboxylic acids is 1. The molecule has 0 radical (unpaired) electrons. The summed E-state index contributed by atoms with van der Waals surface area (Å²) < 4.78 is 19.0. The highest BCUT2D eigenvalue weighted by Gasteiger charge is 2.19. The first-order chi connectivity index (χ1) is 15.0. The zero-order valence-corrected chi connectivity index (χ0v) is 17.9. The molecule has 0 aliphatic carbocycles. The summed E-state index contributed by atoms with van der Waals surface area (Å²) >= 11 is 0. The number of carbonyl (C=O) groups is 1. The summed E-state index contributed by atoms with van der Waals surface area (Å²) in [4.78, 5) is 16.1. The molecule has 3 rings (SSSR count). The molecule has 0 bridgehead atoms. The van der Waals surface area contributed by atoms with Crippen molar-refractivity contribution in [1.82, 2.24) is 10.3 Å². The van der Waals surface area contributed by atoms with Crippen LogP contribution in [0.2, 0.25) is 0 Å². The predicted molar refractivity (Wildman–Crippen MR) is 122 cm³/mol. The van der Waals surface area contributed by atoms with Crippen LogP contribution in [0, 0.1) is 5.82 Å². The minimum Gasteiger partial charge on any atom is -0.378 e. The van der Waals surface area contributed by atoms with Gasteiger partial charge in [-0.3, -0.25) is 4.79 Å². The van der Waals surface area contributed by atoms with Gasteiger partial charge in [0.2, 0.25) is 0 Å². The third kappa shape index (κ3) is 6.13. The number of hydrogen-bond acceptors (Lipinski definition) is 4. The molecule has 0 saturated carbocycles. The number of hydrogen-bond donors (Lipinski definition) is 4. The second-order valence-corrected chi connectivity index (χ2v) is 7.84. The van der Waals surface area contributed by atoms with E-state index in [4.69, 9.17) is 16.2 Å². The third-order valence-corrected chi connectivity index (χ3v) is 5.18.